The molecule has 0 spiro atoms. The predicted octanol–water partition coefficient (Wildman–Crippen LogP) is 5.36. The summed E-state index contributed by atoms with van der Waals surface area (Å²) in [5.74, 6) is 1.30. The van der Waals surface area contributed by atoms with Gasteiger partial charge in [0.05, 0.1) is 18.3 Å². The Morgan fingerprint density at radius 3 is 1.96 bits per heavy atom. The molecule has 0 N–H and O–H groups in total. The van der Waals surface area contributed by atoms with Gasteiger partial charge in [0.25, 0.3) is 0 Å². The summed E-state index contributed by atoms with van der Waals surface area (Å²) in [4.78, 5) is 0. The van der Waals surface area contributed by atoms with Gasteiger partial charge in [-0.25, -0.2) is 0 Å². The second kappa shape index (κ2) is 5.64. The average Bonchev–Trinajstić information content (AvgIpc) is 2.82. The van der Waals surface area contributed by atoms with Crippen LogP contribution < -0.4 is 4.74 Å². The van der Waals surface area contributed by atoms with Gasteiger partial charge < -0.3 is 14.0 Å². The molecule has 0 radical (unpaired) electrons. The van der Waals surface area contributed by atoms with Crippen LogP contribution in [0.25, 0.3) is 0 Å². The highest BCUT2D eigenvalue weighted by atomic mass is 16.7. The normalized spacial score (nSPS) is 34.5. The van der Waals surface area contributed by atoms with Crippen molar-refractivity contribution >= 4 is 7.12 Å². The van der Waals surface area contributed by atoms with Gasteiger partial charge in [-0.15, -0.1) is 0 Å². The van der Waals surface area contributed by atoms with Crippen molar-refractivity contribution in [1.82, 2.24) is 0 Å². The third-order valence-corrected chi connectivity index (χ3v) is 7.94. The second-order valence-electron chi connectivity index (χ2n) is 9.90. The lowest BCUT2D eigenvalue weighted by Gasteiger charge is -2.77. The Morgan fingerprint density at radius 2 is 1.43 bits per heavy atom. The van der Waals surface area contributed by atoms with Gasteiger partial charge in [-0.3, -0.25) is 0 Å². The predicted molar refractivity (Wildman–Crippen MR) is 112 cm³/mol. The molecule has 1 saturated heterocycles. The molecule has 1 atom stereocenters. The van der Waals surface area contributed by atoms with E-state index in [2.05, 4.69) is 82.3 Å². The van der Waals surface area contributed by atoms with Crippen LogP contribution in [0.15, 0.2) is 54.6 Å². The van der Waals surface area contributed by atoms with Gasteiger partial charge in [0, 0.05) is 10.7 Å². The van der Waals surface area contributed by atoms with E-state index in [-0.39, 0.29) is 29.0 Å². The molecule has 146 valence electrons. The molecule has 1 heterocycles. The summed E-state index contributed by atoms with van der Waals surface area (Å²) in [6, 6.07) is 19.6. The lowest BCUT2D eigenvalue weighted by atomic mass is 9.17. The van der Waals surface area contributed by atoms with Crippen LogP contribution in [0.2, 0.25) is 5.31 Å². The largest absolute Gasteiger partial charge is 0.497 e. The van der Waals surface area contributed by atoms with Crippen LogP contribution in [-0.4, -0.2) is 25.4 Å². The van der Waals surface area contributed by atoms with E-state index in [0.717, 1.165) is 18.6 Å². The third kappa shape index (κ3) is 2.19. The fraction of sp³-hybridized carbons (Fsp3) is 0.500. The first-order valence-corrected chi connectivity index (χ1v) is 10.3. The second-order valence-corrected chi connectivity index (χ2v) is 9.90. The van der Waals surface area contributed by atoms with Crippen LogP contribution in [0, 0.1) is 0 Å². The molecule has 3 saturated carbocycles. The zero-order chi connectivity index (χ0) is 19.8. The molecule has 4 aliphatic rings. The molecule has 3 aliphatic carbocycles. The van der Waals surface area contributed by atoms with Crippen molar-refractivity contribution in [2.24, 2.45) is 0 Å². The molecule has 2 bridgehead atoms. The Morgan fingerprint density at radius 1 is 0.857 bits per heavy atom. The van der Waals surface area contributed by atoms with Gasteiger partial charge in [0.2, 0.25) is 0 Å². The molecule has 0 amide bonds. The molecule has 4 heteroatoms. The molecule has 1 aliphatic heterocycles. The molecule has 3 nitrogen and oxygen atoms in total. The lowest BCUT2D eigenvalue weighted by Crippen LogP contribution is -2.72. The van der Waals surface area contributed by atoms with Gasteiger partial charge >= 0.3 is 7.12 Å². The van der Waals surface area contributed by atoms with Gasteiger partial charge in [0.15, 0.2) is 0 Å². The molecule has 6 rings (SSSR count). The average molecular weight is 376 g/mol. The van der Waals surface area contributed by atoms with Crippen molar-refractivity contribution in [1.29, 1.82) is 0 Å². The summed E-state index contributed by atoms with van der Waals surface area (Å²) in [6.45, 7) is 8.59. The minimum Gasteiger partial charge on any atom is -0.497 e. The minimum absolute atomic E-state index is 0.0511. The summed E-state index contributed by atoms with van der Waals surface area (Å²) in [7, 11) is 1.56. The number of ether oxygens (including phenoxy) is 1. The Labute approximate surface area is 168 Å². The maximum absolute atomic E-state index is 6.54. The fourth-order valence-corrected chi connectivity index (χ4v) is 5.79. The van der Waals surface area contributed by atoms with Crippen molar-refractivity contribution in [2.45, 2.75) is 68.4 Å². The Bertz CT molecular complexity index is 866. The molecule has 2 aromatic carbocycles. The van der Waals surface area contributed by atoms with Gasteiger partial charge in [-0.1, -0.05) is 42.5 Å². The summed E-state index contributed by atoms with van der Waals surface area (Å²) in [5, 5.41) is 0.0511. The lowest BCUT2D eigenvalue weighted by molar-refractivity contribution is -0.0744. The van der Waals surface area contributed by atoms with Crippen molar-refractivity contribution in [2.75, 3.05) is 7.11 Å². The maximum atomic E-state index is 6.54. The smallest absolute Gasteiger partial charge is 0.465 e. The fourth-order valence-electron chi connectivity index (χ4n) is 5.79. The van der Waals surface area contributed by atoms with E-state index in [1.165, 1.54) is 11.1 Å². The van der Waals surface area contributed by atoms with Crippen LogP contribution in [0.5, 0.6) is 5.75 Å². The molecule has 0 aromatic heterocycles. The topological polar surface area (TPSA) is 27.7 Å². The van der Waals surface area contributed by atoms with E-state index in [0.29, 0.717) is 5.92 Å². The first-order valence-electron chi connectivity index (χ1n) is 10.3. The maximum Gasteiger partial charge on any atom is 0.465 e. The first kappa shape index (κ1) is 18.3. The number of hydrogen-bond donors (Lipinski definition) is 0. The van der Waals surface area contributed by atoms with Gasteiger partial charge in [-0.2, -0.15) is 0 Å². The van der Waals surface area contributed by atoms with Crippen LogP contribution in [-0.2, 0) is 14.7 Å². The summed E-state index contributed by atoms with van der Waals surface area (Å²) < 4.78 is 18.5. The molecular formula is C24H29BO3. The molecular weight excluding hydrogens is 347 g/mol. The summed E-state index contributed by atoms with van der Waals surface area (Å²) in [6.07, 6.45) is 2.25. The Kier molecular flexibility index (Phi) is 3.68. The Balaban J connectivity index is 1.53. The SMILES string of the molecule is COc1ccc(C2C3(B4OC(C)(C)C(C)(C)O4)CC2(c2ccccc2)C3)cc1. The van der Waals surface area contributed by atoms with Crippen molar-refractivity contribution in [3.63, 3.8) is 0 Å². The van der Waals surface area contributed by atoms with Crippen molar-refractivity contribution in [3.05, 3.63) is 65.7 Å². The molecule has 2 aromatic rings. The van der Waals surface area contributed by atoms with E-state index in [1.54, 1.807) is 7.11 Å². The van der Waals surface area contributed by atoms with E-state index >= 15 is 0 Å². The van der Waals surface area contributed by atoms with Crippen LogP contribution >= 0.6 is 0 Å². The zero-order valence-corrected chi connectivity index (χ0v) is 17.5. The highest BCUT2D eigenvalue weighted by molar-refractivity contribution is 6.51. The van der Waals surface area contributed by atoms with E-state index < -0.39 is 0 Å². The van der Waals surface area contributed by atoms with E-state index in [9.17, 15) is 0 Å². The van der Waals surface area contributed by atoms with Gasteiger partial charge in [0.1, 0.15) is 5.75 Å². The number of rotatable bonds is 4. The quantitative estimate of drug-likeness (QED) is 0.673. The van der Waals surface area contributed by atoms with Crippen LogP contribution in [0.1, 0.15) is 57.6 Å². The molecule has 28 heavy (non-hydrogen) atoms. The van der Waals surface area contributed by atoms with Gasteiger partial charge in [-0.05, 0) is 69.7 Å². The van der Waals surface area contributed by atoms with E-state index in [1.807, 2.05) is 0 Å². The summed E-state index contributed by atoms with van der Waals surface area (Å²) in [5.41, 5.74) is 2.40. The van der Waals surface area contributed by atoms with Crippen LogP contribution in [0.4, 0.5) is 0 Å². The minimum atomic E-state index is -0.294. The molecule has 1 unspecified atom stereocenters. The first-order chi connectivity index (χ1) is 13.2. The number of benzene rings is 2. The van der Waals surface area contributed by atoms with Crippen LogP contribution in [0.3, 0.4) is 0 Å². The molecule has 4 fully saturated rings. The van der Waals surface area contributed by atoms with E-state index in [4.69, 9.17) is 14.0 Å². The highest BCUT2D eigenvalue weighted by Crippen LogP contribution is 2.87. The summed E-state index contributed by atoms with van der Waals surface area (Å²) >= 11 is 0. The highest BCUT2D eigenvalue weighted by Gasteiger charge is 2.82. The monoisotopic (exact) mass is 376 g/mol. The Hall–Kier alpha value is -1.78. The van der Waals surface area contributed by atoms with Crippen molar-refractivity contribution < 1.29 is 14.0 Å². The third-order valence-electron chi connectivity index (χ3n) is 7.94. The standard InChI is InChI=1S/C24H29BO3/c1-21(2)22(3,4)28-25(27-21)24-15-23(16-24,18-9-7-6-8-10-18)20(24)17-11-13-19(26-5)14-12-17/h6-14,20H,15-16H2,1-5H3. The van der Waals surface area contributed by atoms with Crippen molar-refractivity contribution in [3.8, 4) is 5.75 Å². The zero-order valence-electron chi connectivity index (χ0n) is 17.5. The number of hydrogen-bond acceptors (Lipinski definition) is 3. The number of methoxy groups -OCH3 is 1.